The van der Waals surface area contributed by atoms with Crippen LogP contribution in [0.4, 0.5) is 0 Å². The van der Waals surface area contributed by atoms with Gasteiger partial charge in [-0.25, -0.2) is 0 Å². The molecule has 4 rings (SSSR count). The average molecular weight is 300 g/mol. The second kappa shape index (κ2) is 3.27. The molecule has 1 nitrogen and oxygen atoms in total. The van der Waals surface area contributed by atoms with E-state index in [0.717, 1.165) is 6.42 Å². The summed E-state index contributed by atoms with van der Waals surface area (Å²) in [5, 5.41) is 9.01. The van der Waals surface area contributed by atoms with E-state index in [4.69, 9.17) is 5.26 Å². The molecule has 0 bridgehead atoms. The van der Waals surface area contributed by atoms with Crippen molar-refractivity contribution in [1.29, 1.82) is 5.26 Å². The lowest BCUT2D eigenvalue weighted by atomic mass is 9.68. The third-order valence-electron chi connectivity index (χ3n) is 5.22. The number of hydrogen-bond donors (Lipinski definition) is 0. The largest absolute Gasteiger partial charge is 0.193 e. The number of benzene rings is 1. The van der Waals surface area contributed by atoms with Crippen LogP contribution in [-0.4, -0.2) is 0 Å². The summed E-state index contributed by atoms with van der Waals surface area (Å²) < 4.78 is 1.24. The maximum absolute atomic E-state index is 9.01. The fraction of sp³-hybridized carbons (Fsp3) is 0.438. The van der Waals surface area contributed by atoms with Crippen LogP contribution in [-0.2, 0) is 5.41 Å². The van der Waals surface area contributed by atoms with Crippen molar-refractivity contribution in [3.8, 4) is 6.07 Å². The zero-order chi connectivity index (χ0) is 12.4. The number of fused-ring (bicyclic) bond motifs is 3. The van der Waals surface area contributed by atoms with Gasteiger partial charge in [0.25, 0.3) is 0 Å². The third kappa shape index (κ3) is 1.16. The third-order valence-corrected chi connectivity index (χ3v) is 5.89. The van der Waals surface area contributed by atoms with Crippen LogP contribution in [0, 0.1) is 16.7 Å². The number of allylic oxidation sites excluding steroid dienone is 2. The molecule has 3 aliphatic rings. The van der Waals surface area contributed by atoms with Gasteiger partial charge in [-0.3, -0.25) is 0 Å². The van der Waals surface area contributed by atoms with E-state index in [2.05, 4.69) is 40.2 Å². The van der Waals surface area contributed by atoms with Gasteiger partial charge in [0.15, 0.2) is 0 Å². The minimum atomic E-state index is 0.440. The Kier molecular flexibility index (Phi) is 1.97. The van der Waals surface area contributed by atoms with Gasteiger partial charge in [0.05, 0.1) is 6.07 Å². The van der Waals surface area contributed by atoms with Gasteiger partial charge < -0.3 is 0 Å². The minimum absolute atomic E-state index is 0.440. The Hall–Kier alpha value is -1.07. The van der Waals surface area contributed by atoms with Crippen molar-refractivity contribution in [3.63, 3.8) is 0 Å². The Bertz CT molecular complexity index is 612. The molecule has 3 aliphatic carbocycles. The SMILES string of the molecule is N#CC=C1CC2(CC2)C2(CC2)c2c(Br)cccc21. The molecule has 2 heteroatoms. The van der Waals surface area contributed by atoms with Crippen molar-refractivity contribution >= 4 is 21.5 Å². The first-order valence-electron chi connectivity index (χ1n) is 6.61. The van der Waals surface area contributed by atoms with Crippen LogP contribution >= 0.6 is 15.9 Å². The quantitative estimate of drug-likeness (QED) is 0.644. The number of nitriles is 1. The highest BCUT2D eigenvalue weighted by Crippen LogP contribution is 2.76. The zero-order valence-electron chi connectivity index (χ0n) is 10.2. The molecule has 0 radical (unpaired) electrons. The summed E-state index contributed by atoms with van der Waals surface area (Å²) in [5.41, 5.74) is 5.00. The monoisotopic (exact) mass is 299 g/mol. The molecule has 0 amide bonds. The molecule has 1 aromatic carbocycles. The Morgan fingerprint density at radius 2 is 2.00 bits per heavy atom. The van der Waals surface area contributed by atoms with E-state index < -0.39 is 0 Å². The van der Waals surface area contributed by atoms with Crippen molar-refractivity contribution < 1.29 is 0 Å². The summed E-state index contributed by atoms with van der Waals surface area (Å²) in [7, 11) is 0. The first-order chi connectivity index (χ1) is 8.72. The van der Waals surface area contributed by atoms with E-state index in [1.54, 1.807) is 6.08 Å². The van der Waals surface area contributed by atoms with E-state index in [1.807, 2.05) is 0 Å². The molecule has 0 unspecified atom stereocenters. The van der Waals surface area contributed by atoms with Crippen LogP contribution in [0.15, 0.2) is 28.7 Å². The standard InChI is InChI=1S/C16H14BrN/c17-13-3-1-2-12-11(4-9-18)10-15(5-6-15)16(7-8-16)14(12)13/h1-4H,5-8,10H2. The van der Waals surface area contributed by atoms with E-state index in [1.165, 1.54) is 46.9 Å². The van der Waals surface area contributed by atoms with Crippen molar-refractivity contribution in [2.45, 2.75) is 37.5 Å². The fourth-order valence-corrected chi connectivity index (χ4v) is 4.84. The molecule has 0 N–H and O–H groups in total. The van der Waals surface area contributed by atoms with E-state index >= 15 is 0 Å². The molecular weight excluding hydrogens is 286 g/mol. The van der Waals surface area contributed by atoms with Gasteiger partial charge in [0.2, 0.25) is 0 Å². The summed E-state index contributed by atoms with van der Waals surface area (Å²) >= 11 is 3.75. The van der Waals surface area contributed by atoms with Crippen molar-refractivity contribution in [1.82, 2.24) is 0 Å². The van der Waals surface area contributed by atoms with Crippen molar-refractivity contribution in [3.05, 3.63) is 39.9 Å². The highest BCUT2D eigenvalue weighted by Gasteiger charge is 2.68. The van der Waals surface area contributed by atoms with Gasteiger partial charge in [-0.2, -0.15) is 5.26 Å². The Balaban J connectivity index is 2.01. The summed E-state index contributed by atoms with van der Waals surface area (Å²) in [5.74, 6) is 0. The first-order valence-corrected chi connectivity index (χ1v) is 7.40. The number of rotatable bonds is 0. The molecule has 0 aliphatic heterocycles. The van der Waals surface area contributed by atoms with Crippen LogP contribution in [0.5, 0.6) is 0 Å². The number of hydrogen-bond acceptors (Lipinski definition) is 1. The van der Waals surface area contributed by atoms with Crippen LogP contribution in [0.25, 0.3) is 5.57 Å². The van der Waals surface area contributed by atoms with Gasteiger partial charge in [0, 0.05) is 16.0 Å². The summed E-state index contributed by atoms with van der Waals surface area (Å²) in [6, 6.07) is 8.68. The molecule has 2 fully saturated rings. The predicted octanol–water partition coefficient (Wildman–Crippen LogP) is 4.57. The Morgan fingerprint density at radius 3 is 2.61 bits per heavy atom. The van der Waals surface area contributed by atoms with Gasteiger partial charge in [-0.05, 0) is 60.3 Å². The zero-order valence-corrected chi connectivity index (χ0v) is 11.8. The van der Waals surface area contributed by atoms with Crippen LogP contribution in [0.1, 0.15) is 43.2 Å². The molecule has 90 valence electrons. The molecule has 0 atom stereocenters. The number of nitrogens with zero attached hydrogens (tertiary/aromatic N) is 1. The molecule has 0 aromatic heterocycles. The molecular formula is C16H14BrN. The second-order valence-corrected chi connectivity index (χ2v) is 6.85. The normalized spacial score (nSPS) is 27.0. The second-order valence-electron chi connectivity index (χ2n) is 6.00. The van der Waals surface area contributed by atoms with Gasteiger partial charge in [-0.1, -0.05) is 28.1 Å². The highest BCUT2D eigenvalue weighted by atomic mass is 79.9. The molecule has 0 saturated heterocycles. The van der Waals surface area contributed by atoms with Crippen LogP contribution in [0.3, 0.4) is 0 Å². The first kappa shape index (κ1) is 10.8. The van der Waals surface area contributed by atoms with Crippen molar-refractivity contribution in [2.24, 2.45) is 5.41 Å². The Morgan fingerprint density at radius 1 is 1.22 bits per heavy atom. The molecule has 2 saturated carbocycles. The maximum atomic E-state index is 9.01. The highest BCUT2D eigenvalue weighted by molar-refractivity contribution is 9.10. The Labute approximate surface area is 116 Å². The topological polar surface area (TPSA) is 23.8 Å². The number of halogens is 1. The molecule has 0 heterocycles. The summed E-state index contributed by atoms with van der Waals surface area (Å²) in [6.07, 6.45) is 8.24. The van der Waals surface area contributed by atoms with E-state index in [0.29, 0.717) is 10.8 Å². The van der Waals surface area contributed by atoms with E-state index in [9.17, 15) is 0 Å². The van der Waals surface area contributed by atoms with Gasteiger partial charge >= 0.3 is 0 Å². The van der Waals surface area contributed by atoms with Gasteiger partial charge in [0.1, 0.15) is 0 Å². The smallest absolute Gasteiger partial charge is 0.0915 e. The summed E-state index contributed by atoms with van der Waals surface area (Å²) in [6.45, 7) is 0. The molecule has 2 spiro atoms. The lowest BCUT2D eigenvalue weighted by molar-refractivity contribution is 0.374. The fourth-order valence-electron chi connectivity index (χ4n) is 4.09. The van der Waals surface area contributed by atoms with Gasteiger partial charge in [-0.15, -0.1) is 0 Å². The lowest BCUT2D eigenvalue weighted by Crippen LogP contribution is -2.28. The van der Waals surface area contributed by atoms with Crippen LogP contribution in [0.2, 0.25) is 0 Å². The molecule has 18 heavy (non-hydrogen) atoms. The average Bonchev–Trinajstić information content (AvgIpc) is 3.21. The lowest BCUT2D eigenvalue weighted by Gasteiger charge is -2.36. The van der Waals surface area contributed by atoms with E-state index in [-0.39, 0.29) is 0 Å². The maximum Gasteiger partial charge on any atom is 0.0915 e. The summed E-state index contributed by atoms with van der Waals surface area (Å²) in [4.78, 5) is 0. The predicted molar refractivity (Wildman–Crippen MR) is 74.9 cm³/mol. The van der Waals surface area contributed by atoms with Crippen LogP contribution < -0.4 is 0 Å². The molecule has 1 aromatic rings. The minimum Gasteiger partial charge on any atom is -0.193 e. The van der Waals surface area contributed by atoms with Crippen molar-refractivity contribution in [2.75, 3.05) is 0 Å².